The molecule has 0 radical (unpaired) electrons. The van der Waals surface area contributed by atoms with E-state index in [1.165, 1.54) is 0 Å². The Morgan fingerprint density at radius 2 is 1.71 bits per heavy atom. The standard InChI is InChI=1S/C25H21ClN4O.C2H4O2/c26-17-12-10-16(11-13-17)24-22(18-6-1-4-9-21(18)30(24)15-5-14-27)23-25(31)29-20-8-3-2-7-19(20)28-23;1-2(3)4/h1-4,6-13H,5,14-15,27H2,(H,29,31);1H3,(H,3,4). The predicted molar refractivity (Wildman–Crippen MR) is 137 cm³/mol. The van der Waals surface area contributed by atoms with E-state index in [0.717, 1.165) is 65.2 Å². The van der Waals surface area contributed by atoms with Crippen molar-refractivity contribution in [3.8, 4) is 22.5 Å². The summed E-state index contributed by atoms with van der Waals surface area (Å²) in [4.78, 5) is 29.9. The molecule has 0 atom stereocenters. The zero-order valence-electron chi connectivity index (χ0n) is 19.3. The topological polar surface area (TPSA) is 118 Å². The first-order valence-electron chi connectivity index (χ1n) is 11.2. The number of carbonyl (C=O) groups excluding carboxylic acids is 1. The second-order valence-corrected chi connectivity index (χ2v) is 8.47. The number of aryl methyl sites for hydroxylation is 1. The summed E-state index contributed by atoms with van der Waals surface area (Å²) in [5.74, 6) is -1.08. The molecule has 0 saturated carbocycles. The molecule has 3 aromatic carbocycles. The molecule has 7 nitrogen and oxygen atoms in total. The normalized spacial score (nSPS) is 10.8. The Hall–Kier alpha value is -3.94. The third-order valence-corrected chi connectivity index (χ3v) is 5.81. The molecular weight excluding hydrogens is 464 g/mol. The van der Waals surface area contributed by atoms with Gasteiger partial charge in [0.2, 0.25) is 0 Å². The minimum atomic E-state index is -1.08. The molecule has 5 rings (SSSR count). The average molecular weight is 489 g/mol. The number of aromatic nitrogens is 3. The molecular formula is C27H25ClN4O3. The Bertz CT molecular complexity index is 1550. The van der Waals surface area contributed by atoms with Gasteiger partial charge in [0.25, 0.3) is 5.56 Å². The molecule has 0 aliphatic carbocycles. The number of rotatable bonds is 5. The number of nitrogens with zero attached hydrogens (tertiary/aromatic N) is 2. The lowest BCUT2D eigenvalue weighted by molar-refractivity contribution is -0.368. The number of carboxylic acids is 1. The third-order valence-electron chi connectivity index (χ3n) is 5.56. The Balaban J connectivity index is 0.000000672. The quantitative estimate of drug-likeness (QED) is 0.394. The Labute approximate surface area is 206 Å². The molecule has 0 spiro atoms. The van der Waals surface area contributed by atoms with Gasteiger partial charge in [-0.05, 0) is 42.8 Å². The first-order valence-corrected chi connectivity index (χ1v) is 11.6. The van der Waals surface area contributed by atoms with Gasteiger partial charge in [-0.3, -0.25) is 4.79 Å². The molecule has 0 fully saturated rings. The highest BCUT2D eigenvalue weighted by molar-refractivity contribution is 6.30. The second-order valence-electron chi connectivity index (χ2n) is 8.03. The van der Waals surface area contributed by atoms with Gasteiger partial charge in [0.05, 0.1) is 23.3 Å². The first kappa shape index (κ1) is 24.2. The van der Waals surface area contributed by atoms with E-state index in [0.29, 0.717) is 10.7 Å². The first-order chi connectivity index (χ1) is 16.9. The fraction of sp³-hybridized carbons (Fsp3) is 0.148. The maximum atomic E-state index is 13.2. The Morgan fingerprint density at radius 1 is 1.06 bits per heavy atom. The number of fused-ring (bicyclic) bond motifs is 2. The van der Waals surface area contributed by atoms with Crippen LogP contribution in [-0.2, 0) is 11.3 Å². The number of aromatic amines is 1. The molecule has 5 aromatic rings. The number of aliphatic carboxylic acids is 1. The van der Waals surface area contributed by atoms with Crippen molar-refractivity contribution in [2.24, 2.45) is 0 Å². The highest BCUT2D eigenvalue weighted by atomic mass is 35.5. The number of benzene rings is 3. The van der Waals surface area contributed by atoms with Crippen molar-refractivity contribution >= 4 is 39.5 Å². The number of para-hydroxylation sites is 3. The van der Waals surface area contributed by atoms with E-state index < -0.39 is 5.97 Å². The summed E-state index contributed by atoms with van der Waals surface area (Å²) in [5, 5.41) is 10.6. The van der Waals surface area contributed by atoms with Crippen LogP contribution in [0.1, 0.15) is 13.3 Å². The molecule has 2 aromatic heterocycles. The van der Waals surface area contributed by atoms with Gasteiger partial charge in [0.1, 0.15) is 5.69 Å². The molecule has 2 heterocycles. The lowest BCUT2D eigenvalue weighted by atomic mass is 10.0. The summed E-state index contributed by atoms with van der Waals surface area (Å²) in [6.45, 7) is 2.60. The largest absolute Gasteiger partial charge is 0.550 e. The summed E-state index contributed by atoms with van der Waals surface area (Å²) in [7, 11) is 0. The van der Waals surface area contributed by atoms with E-state index in [2.05, 4.69) is 27.4 Å². The second kappa shape index (κ2) is 10.5. The lowest BCUT2D eigenvalue weighted by Crippen LogP contribution is -2.50. The van der Waals surface area contributed by atoms with E-state index >= 15 is 0 Å². The van der Waals surface area contributed by atoms with E-state index in [4.69, 9.17) is 26.5 Å². The maximum Gasteiger partial charge on any atom is 0.275 e. The van der Waals surface area contributed by atoms with Crippen LogP contribution < -0.4 is 16.4 Å². The number of carbonyl (C=O) groups is 1. The molecule has 0 aliphatic rings. The van der Waals surface area contributed by atoms with E-state index in [1.807, 2.05) is 60.7 Å². The number of H-pyrrole nitrogens is 1. The smallest absolute Gasteiger partial charge is 0.275 e. The van der Waals surface area contributed by atoms with Crippen molar-refractivity contribution in [3.63, 3.8) is 0 Å². The van der Waals surface area contributed by atoms with Gasteiger partial charge >= 0.3 is 0 Å². The van der Waals surface area contributed by atoms with Crippen molar-refractivity contribution in [2.45, 2.75) is 19.9 Å². The fourth-order valence-electron chi connectivity index (χ4n) is 4.15. The number of quaternary nitrogens is 1. The van der Waals surface area contributed by atoms with Crippen LogP contribution in [0, 0.1) is 0 Å². The van der Waals surface area contributed by atoms with Crippen LogP contribution in [0.3, 0.4) is 0 Å². The van der Waals surface area contributed by atoms with Crippen LogP contribution in [0.15, 0.2) is 77.6 Å². The molecule has 0 amide bonds. The molecule has 178 valence electrons. The van der Waals surface area contributed by atoms with Gasteiger partial charge in [-0.1, -0.05) is 54.1 Å². The van der Waals surface area contributed by atoms with Gasteiger partial charge in [-0.25, -0.2) is 4.98 Å². The molecule has 4 N–H and O–H groups in total. The van der Waals surface area contributed by atoms with E-state index in [9.17, 15) is 4.79 Å². The number of hydrogen-bond donors (Lipinski definition) is 2. The molecule has 0 aliphatic heterocycles. The number of halogens is 1. The maximum absolute atomic E-state index is 13.2. The summed E-state index contributed by atoms with van der Waals surface area (Å²) < 4.78 is 2.27. The van der Waals surface area contributed by atoms with Gasteiger partial charge in [0.15, 0.2) is 0 Å². The number of carboxylic acid groups (broad SMARTS) is 1. The van der Waals surface area contributed by atoms with Gasteiger partial charge in [-0.15, -0.1) is 0 Å². The summed E-state index contributed by atoms with van der Waals surface area (Å²) in [5.41, 5.74) is 9.60. The zero-order chi connectivity index (χ0) is 24.9. The van der Waals surface area contributed by atoms with Crippen LogP contribution in [0.5, 0.6) is 0 Å². The van der Waals surface area contributed by atoms with Crippen LogP contribution in [0.25, 0.3) is 44.5 Å². The number of nitrogens with one attached hydrogen (secondary N) is 1. The summed E-state index contributed by atoms with van der Waals surface area (Å²) in [6.07, 6.45) is 0.931. The van der Waals surface area contributed by atoms with Crippen molar-refractivity contribution in [1.82, 2.24) is 14.5 Å². The molecule has 0 unspecified atom stereocenters. The van der Waals surface area contributed by atoms with Crippen molar-refractivity contribution < 1.29 is 15.6 Å². The van der Waals surface area contributed by atoms with E-state index in [-0.39, 0.29) is 5.56 Å². The number of hydrogen-bond acceptors (Lipinski definition) is 4. The highest BCUT2D eigenvalue weighted by Gasteiger charge is 2.23. The minimum Gasteiger partial charge on any atom is -0.550 e. The average Bonchev–Trinajstić information content (AvgIpc) is 3.16. The van der Waals surface area contributed by atoms with Crippen LogP contribution >= 0.6 is 11.6 Å². The van der Waals surface area contributed by atoms with Crippen molar-refractivity contribution in [1.29, 1.82) is 0 Å². The summed E-state index contributed by atoms with van der Waals surface area (Å²) >= 11 is 6.17. The molecule has 35 heavy (non-hydrogen) atoms. The van der Waals surface area contributed by atoms with Gasteiger partial charge < -0.3 is 25.2 Å². The fourth-order valence-corrected chi connectivity index (χ4v) is 4.28. The predicted octanol–water partition coefficient (Wildman–Crippen LogP) is 3.25. The monoisotopic (exact) mass is 488 g/mol. The van der Waals surface area contributed by atoms with Crippen molar-refractivity contribution in [3.05, 3.63) is 88.2 Å². The summed E-state index contributed by atoms with van der Waals surface area (Å²) in [6, 6.07) is 23.5. The molecule has 0 saturated heterocycles. The molecule has 8 heteroatoms. The SMILES string of the molecule is CC(=O)[O-].[NH3+]CCCn1c(-c2ccc(Cl)cc2)c(-c2nc3ccccc3[nH]c2=O)c2ccccc21. The van der Waals surface area contributed by atoms with Crippen molar-refractivity contribution in [2.75, 3.05) is 6.54 Å². The minimum absolute atomic E-state index is 0.200. The highest BCUT2D eigenvalue weighted by Crippen LogP contribution is 2.39. The van der Waals surface area contributed by atoms with Gasteiger partial charge in [0, 0.05) is 40.4 Å². The third kappa shape index (κ3) is 5.11. The Kier molecular flexibility index (Phi) is 7.29. The Morgan fingerprint density at radius 3 is 2.43 bits per heavy atom. The van der Waals surface area contributed by atoms with Crippen LogP contribution in [0.4, 0.5) is 0 Å². The molecule has 0 bridgehead atoms. The van der Waals surface area contributed by atoms with Crippen LogP contribution in [0.2, 0.25) is 5.02 Å². The zero-order valence-corrected chi connectivity index (χ0v) is 20.0. The van der Waals surface area contributed by atoms with Crippen LogP contribution in [-0.4, -0.2) is 27.0 Å². The lowest BCUT2D eigenvalue weighted by Gasteiger charge is -2.12. The van der Waals surface area contributed by atoms with E-state index in [1.54, 1.807) is 0 Å². The van der Waals surface area contributed by atoms with Gasteiger partial charge in [-0.2, -0.15) is 0 Å².